The summed E-state index contributed by atoms with van der Waals surface area (Å²) in [6, 6.07) is 0. The third-order valence-electron chi connectivity index (χ3n) is 4.42. The van der Waals surface area contributed by atoms with E-state index in [0.29, 0.717) is 0 Å². The van der Waals surface area contributed by atoms with Crippen LogP contribution in [0.5, 0.6) is 0 Å². The predicted molar refractivity (Wildman–Crippen MR) is 82.6 cm³/mol. The number of hydrogen-bond acceptors (Lipinski definition) is 5. The predicted octanol–water partition coefficient (Wildman–Crippen LogP) is 1.24. The van der Waals surface area contributed by atoms with Crippen LogP contribution in [0.3, 0.4) is 0 Å². The molecule has 0 aliphatic carbocycles. The van der Waals surface area contributed by atoms with Gasteiger partial charge < -0.3 is 14.5 Å². The van der Waals surface area contributed by atoms with Gasteiger partial charge in [0.1, 0.15) is 0 Å². The second-order valence-electron chi connectivity index (χ2n) is 5.69. The molecule has 19 heavy (non-hydrogen) atoms. The monoisotopic (exact) mass is 287 g/mol. The van der Waals surface area contributed by atoms with E-state index in [1.165, 1.54) is 58.7 Å². The lowest BCUT2D eigenvalue weighted by Crippen LogP contribution is -2.46. The standard InChI is InChI=1S/C14H29N3OS/c1-18-12-11-15-5-3-14(4-6-15)13-16-7-9-17(19-2)10-8-16/h14H,3-13H2,1-2H3. The summed E-state index contributed by atoms with van der Waals surface area (Å²) in [6.45, 7) is 10.8. The molecule has 0 aromatic rings. The van der Waals surface area contributed by atoms with Gasteiger partial charge in [-0.3, -0.25) is 0 Å². The molecule has 0 radical (unpaired) electrons. The molecular formula is C14H29N3OS. The molecule has 0 atom stereocenters. The highest BCUT2D eigenvalue weighted by Crippen LogP contribution is 2.19. The van der Waals surface area contributed by atoms with Crippen LogP contribution >= 0.6 is 11.9 Å². The molecule has 0 unspecified atom stereocenters. The fourth-order valence-corrected chi connectivity index (χ4v) is 3.60. The lowest BCUT2D eigenvalue weighted by Gasteiger charge is -2.38. The van der Waals surface area contributed by atoms with Crippen molar-refractivity contribution in [2.75, 3.05) is 72.3 Å². The second-order valence-corrected chi connectivity index (χ2v) is 6.57. The maximum Gasteiger partial charge on any atom is 0.0589 e. The van der Waals surface area contributed by atoms with Crippen LogP contribution in [-0.2, 0) is 4.74 Å². The van der Waals surface area contributed by atoms with Crippen LogP contribution in [0, 0.1) is 5.92 Å². The molecular weight excluding hydrogens is 258 g/mol. The molecule has 2 aliphatic heterocycles. The zero-order valence-corrected chi connectivity index (χ0v) is 13.3. The molecule has 4 nitrogen and oxygen atoms in total. The Morgan fingerprint density at radius 1 is 1.00 bits per heavy atom. The van der Waals surface area contributed by atoms with E-state index in [0.717, 1.165) is 19.1 Å². The molecule has 2 saturated heterocycles. The van der Waals surface area contributed by atoms with Crippen molar-refractivity contribution in [3.63, 3.8) is 0 Å². The summed E-state index contributed by atoms with van der Waals surface area (Å²) in [6.07, 6.45) is 4.92. The minimum Gasteiger partial charge on any atom is -0.383 e. The number of rotatable bonds is 6. The van der Waals surface area contributed by atoms with Crippen molar-refractivity contribution in [2.45, 2.75) is 12.8 Å². The Morgan fingerprint density at radius 2 is 1.68 bits per heavy atom. The fraction of sp³-hybridized carbons (Fsp3) is 1.00. The van der Waals surface area contributed by atoms with E-state index in [2.05, 4.69) is 20.4 Å². The number of piperazine rings is 1. The first kappa shape index (κ1) is 15.6. The van der Waals surface area contributed by atoms with Crippen molar-refractivity contribution >= 4 is 11.9 Å². The van der Waals surface area contributed by atoms with E-state index in [-0.39, 0.29) is 0 Å². The lowest BCUT2D eigenvalue weighted by molar-refractivity contribution is 0.0988. The first-order valence-electron chi connectivity index (χ1n) is 7.54. The first-order chi connectivity index (χ1) is 9.31. The molecule has 0 bridgehead atoms. The van der Waals surface area contributed by atoms with Gasteiger partial charge in [0.05, 0.1) is 6.61 Å². The van der Waals surface area contributed by atoms with Crippen molar-refractivity contribution in [1.29, 1.82) is 0 Å². The van der Waals surface area contributed by atoms with E-state index >= 15 is 0 Å². The molecule has 2 rings (SSSR count). The summed E-state index contributed by atoms with van der Waals surface area (Å²) in [5.41, 5.74) is 0. The van der Waals surface area contributed by atoms with Gasteiger partial charge in [0.15, 0.2) is 0 Å². The van der Waals surface area contributed by atoms with Gasteiger partial charge in [0.25, 0.3) is 0 Å². The van der Waals surface area contributed by atoms with Gasteiger partial charge in [-0.15, -0.1) is 0 Å². The Labute approximate surface area is 122 Å². The Hall–Kier alpha value is 0.190. The van der Waals surface area contributed by atoms with Crippen LogP contribution in [-0.4, -0.2) is 86.4 Å². The molecule has 0 aromatic heterocycles. The van der Waals surface area contributed by atoms with Gasteiger partial charge in [-0.25, -0.2) is 4.31 Å². The van der Waals surface area contributed by atoms with Crippen LogP contribution in [0.25, 0.3) is 0 Å². The summed E-state index contributed by atoms with van der Waals surface area (Å²) in [4.78, 5) is 5.22. The molecule has 0 N–H and O–H groups in total. The molecule has 0 saturated carbocycles. The van der Waals surface area contributed by atoms with E-state index in [1.807, 2.05) is 11.9 Å². The molecule has 2 heterocycles. The summed E-state index contributed by atoms with van der Waals surface area (Å²) < 4.78 is 7.63. The zero-order valence-electron chi connectivity index (χ0n) is 12.5. The van der Waals surface area contributed by atoms with E-state index in [9.17, 15) is 0 Å². The third kappa shape index (κ3) is 5.23. The van der Waals surface area contributed by atoms with E-state index in [4.69, 9.17) is 4.74 Å². The van der Waals surface area contributed by atoms with Crippen molar-refractivity contribution < 1.29 is 4.74 Å². The van der Waals surface area contributed by atoms with Gasteiger partial charge in [-0.05, 0) is 38.1 Å². The second kappa shape index (κ2) is 8.47. The maximum atomic E-state index is 5.16. The minimum absolute atomic E-state index is 0.876. The maximum absolute atomic E-state index is 5.16. The molecule has 2 aliphatic rings. The van der Waals surface area contributed by atoms with Crippen molar-refractivity contribution in [2.24, 2.45) is 5.92 Å². The highest BCUT2D eigenvalue weighted by molar-refractivity contribution is 7.96. The summed E-state index contributed by atoms with van der Waals surface area (Å²) in [5, 5.41) is 0. The Balaban J connectivity index is 1.60. The largest absolute Gasteiger partial charge is 0.383 e. The van der Waals surface area contributed by atoms with Gasteiger partial charge in [-0.1, -0.05) is 11.9 Å². The average molecular weight is 287 g/mol. The molecule has 0 spiro atoms. The molecule has 0 aromatic carbocycles. The lowest BCUT2D eigenvalue weighted by atomic mass is 9.96. The van der Waals surface area contributed by atoms with Crippen LogP contribution in [0.4, 0.5) is 0 Å². The molecule has 112 valence electrons. The van der Waals surface area contributed by atoms with Crippen molar-refractivity contribution in [3.05, 3.63) is 0 Å². The van der Waals surface area contributed by atoms with Gasteiger partial charge in [0.2, 0.25) is 0 Å². The number of piperidine rings is 1. The molecule has 0 amide bonds. The number of ether oxygens (including phenoxy) is 1. The van der Waals surface area contributed by atoms with Gasteiger partial charge >= 0.3 is 0 Å². The Kier molecular flexibility index (Phi) is 6.94. The smallest absolute Gasteiger partial charge is 0.0589 e. The zero-order chi connectivity index (χ0) is 13.5. The first-order valence-corrected chi connectivity index (χ1v) is 8.72. The summed E-state index contributed by atoms with van der Waals surface area (Å²) >= 11 is 1.89. The molecule has 5 heteroatoms. The highest BCUT2D eigenvalue weighted by atomic mass is 32.2. The third-order valence-corrected chi connectivity index (χ3v) is 5.31. The summed E-state index contributed by atoms with van der Waals surface area (Å²) in [7, 11) is 1.79. The Morgan fingerprint density at radius 3 is 2.26 bits per heavy atom. The fourth-order valence-electron chi connectivity index (χ4n) is 3.07. The Bertz CT molecular complexity index is 239. The molecule has 2 fully saturated rings. The summed E-state index contributed by atoms with van der Waals surface area (Å²) in [5.74, 6) is 0.916. The number of methoxy groups -OCH3 is 1. The van der Waals surface area contributed by atoms with Crippen LogP contribution in [0.1, 0.15) is 12.8 Å². The number of hydrogen-bond donors (Lipinski definition) is 0. The van der Waals surface area contributed by atoms with E-state index < -0.39 is 0 Å². The van der Waals surface area contributed by atoms with E-state index in [1.54, 1.807) is 7.11 Å². The van der Waals surface area contributed by atoms with Crippen LogP contribution < -0.4 is 0 Å². The average Bonchev–Trinajstić information content (AvgIpc) is 2.47. The SMILES string of the molecule is COCCN1CCC(CN2CCN(SC)CC2)CC1. The highest BCUT2D eigenvalue weighted by Gasteiger charge is 2.23. The number of nitrogens with zero attached hydrogens (tertiary/aromatic N) is 3. The van der Waals surface area contributed by atoms with Crippen molar-refractivity contribution in [3.8, 4) is 0 Å². The minimum atomic E-state index is 0.876. The van der Waals surface area contributed by atoms with Gasteiger partial charge in [-0.2, -0.15) is 0 Å². The van der Waals surface area contributed by atoms with Gasteiger partial charge in [0, 0.05) is 46.4 Å². The van der Waals surface area contributed by atoms with Crippen LogP contribution in [0.2, 0.25) is 0 Å². The number of likely N-dealkylation sites (tertiary alicyclic amines) is 1. The quantitative estimate of drug-likeness (QED) is 0.683. The topological polar surface area (TPSA) is 19.0 Å². The van der Waals surface area contributed by atoms with Crippen molar-refractivity contribution in [1.82, 2.24) is 14.1 Å². The normalized spacial score (nSPS) is 24.9. The van der Waals surface area contributed by atoms with Crippen LogP contribution in [0.15, 0.2) is 0 Å².